The van der Waals surface area contributed by atoms with Crippen LogP contribution in [0.2, 0.25) is 0 Å². The first kappa shape index (κ1) is 14.5. The van der Waals surface area contributed by atoms with Gasteiger partial charge in [0.2, 0.25) is 5.88 Å². The molecule has 1 aromatic carbocycles. The van der Waals surface area contributed by atoms with Crippen LogP contribution in [0.25, 0.3) is 0 Å². The van der Waals surface area contributed by atoms with E-state index in [0.717, 1.165) is 0 Å². The largest absolute Gasteiger partial charge is 0.493 e. The average molecular weight is 290 g/mol. The third-order valence-corrected chi connectivity index (χ3v) is 2.62. The summed E-state index contributed by atoms with van der Waals surface area (Å²) in [5, 5.41) is 20.4. The molecule has 1 heterocycles. The summed E-state index contributed by atoms with van der Waals surface area (Å²) in [4.78, 5) is 7.95. The Morgan fingerprint density at radius 2 is 2.10 bits per heavy atom. The van der Waals surface area contributed by atoms with Crippen molar-refractivity contribution in [3.63, 3.8) is 0 Å². The van der Waals surface area contributed by atoms with E-state index in [9.17, 15) is 0 Å². The normalized spacial score (nSPS) is 11.2. The van der Waals surface area contributed by atoms with E-state index < -0.39 is 0 Å². The molecule has 0 saturated carbocycles. The highest BCUT2D eigenvalue weighted by Crippen LogP contribution is 2.31. The molecule has 0 amide bonds. The van der Waals surface area contributed by atoms with Gasteiger partial charge in [0, 0.05) is 0 Å². The van der Waals surface area contributed by atoms with E-state index in [1.165, 1.54) is 19.5 Å². The number of benzene rings is 1. The minimum absolute atomic E-state index is 0.0923. The lowest BCUT2D eigenvalue weighted by Gasteiger charge is -2.10. The third kappa shape index (κ3) is 3.37. The second-order valence-electron chi connectivity index (χ2n) is 3.97. The fourth-order valence-corrected chi connectivity index (χ4v) is 1.56. The number of hydrogen-bond donors (Lipinski definition) is 3. The van der Waals surface area contributed by atoms with Crippen molar-refractivity contribution < 1.29 is 19.8 Å². The van der Waals surface area contributed by atoms with E-state index in [1.807, 2.05) is 0 Å². The molecule has 1 aromatic heterocycles. The fourth-order valence-electron chi connectivity index (χ4n) is 1.56. The summed E-state index contributed by atoms with van der Waals surface area (Å²) in [5.74, 6) is 0.975. The minimum Gasteiger partial charge on any atom is -0.493 e. The Bertz CT molecular complexity index is 643. The first-order valence-corrected chi connectivity index (χ1v) is 5.93. The fraction of sp³-hybridized carbons (Fsp3) is 0.154. The van der Waals surface area contributed by atoms with Gasteiger partial charge in [0.05, 0.1) is 26.1 Å². The first-order chi connectivity index (χ1) is 10.2. The topological polar surface area (TPSA) is 123 Å². The summed E-state index contributed by atoms with van der Waals surface area (Å²) in [6, 6.07) is 5.02. The molecule has 4 N–H and O–H groups in total. The van der Waals surface area contributed by atoms with E-state index in [0.29, 0.717) is 17.1 Å². The van der Waals surface area contributed by atoms with Gasteiger partial charge in [0.15, 0.2) is 17.3 Å². The number of hydrogen-bond acceptors (Lipinski definition) is 7. The Labute approximate surface area is 120 Å². The maximum Gasteiger partial charge on any atom is 0.238 e. The van der Waals surface area contributed by atoms with Crippen LogP contribution < -0.4 is 15.2 Å². The van der Waals surface area contributed by atoms with E-state index in [-0.39, 0.29) is 24.0 Å². The Morgan fingerprint density at radius 1 is 1.29 bits per heavy atom. The molecule has 0 unspecified atom stereocenters. The molecule has 0 fully saturated rings. The van der Waals surface area contributed by atoms with Crippen molar-refractivity contribution in [1.82, 2.24) is 9.97 Å². The molecule has 0 spiro atoms. The smallest absolute Gasteiger partial charge is 0.238 e. The number of nitrogens with two attached hydrogens (primary N) is 1. The molecule has 0 aliphatic heterocycles. The highest BCUT2D eigenvalue weighted by atomic mass is 16.5. The Morgan fingerprint density at radius 3 is 2.67 bits per heavy atom. The molecule has 0 aliphatic rings. The monoisotopic (exact) mass is 290 g/mol. The van der Waals surface area contributed by atoms with Crippen LogP contribution in [0.15, 0.2) is 35.7 Å². The van der Waals surface area contributed by atoms with Gasteiger partial charge in [-0.15, -0.1) is 0 Å². The van der Waals surface area contributed by atoms with Crippen LogP contribution in [0.3, 0.4) is 0 Å². The van der Waals surface area contributed by atoms with Crippen molar-refractivity contribution in [3.8, 4) is 17.4 Å². The van der Waals surface area contributed by atoms with Crippen LogP contribution in [0, 0.1) is 0 Å². The predicted octanol–water partition coefficient (Wildman–Crippen LogP) is 0.864. The molecule has 2 aromatic rings. The zero-order chi connectivity index (χ0) is 15.2. The molecule has 0 radical (unpaired) electrons. The zero-order valence-corrected chi connectivity index (χ0v) is 11.2. The Balaban J connectivity index is 2.22. The highest BCUT2D eigenvalue weighted by molar-refractivity contribution is 5.94. The van der Waals surface area contributed by atoms with Gasteiger partial charge >= 0.3 is 0 Å². The van der Waals surface area contributed by atoms with Crippen molar-refractivity contribution >= 4 is 5.84 Å². The summed E-state index contributed by atoms with van der Waals surface area (Å²) >= 11 is 0. The summed E-state index contributed by atoms with van der Waals surface area (Å²) in [5.41, 5.74) is 6.32. The summed E-state index contributed by atoms with van der Waals surface area (Å²) in [6.07, 6.45) is 2.66. The second-order valence-corrected chi connectivity index (χ2v) is 3.97. The molecule has 0 saturated heterocycles. The van der Waals surface area contributed by atoms with E-state index in [1.54, 1.807) is 18.2 Å². The van der Waals surface area contributed by atoms with Crippen LogP contribution in [0.4, 0.5) is 0 Å². The zero-order valence-electron chi connectivity index (χ0n) is 11.2. The number of nitrogens with zero attached hydrogens (tertiary/aromatic N) is 3. The first-order valence-electron chi connectivity index (χ1n) is 5.93. The quantitative estimate of drug-likeness (QED) is 0.323. The molecular weight excluding hydrogens is 276 g/mol. The summed E-state index contributed by atoms with van der Waals surface area (Å²) in [7, 11) is 1.50. The van der Waals surface area contributed by atoms with Gasteiger partial charge in [-0.2, -0.15) is 0 Å². The van der Waals surface area contributed by atoms with Crippen molar-refractivity contribution in [2.75, 3.05) is 7.11 Å². The molecule has 8 heteroatoms. The number of rotatable bonds is 5. The Kier molecular flexibility index (Phi) is 4.52. The summed E-state index contributed by atoms with van der Waals surface area (Å²) < 4.78 is 10.7. The summed E-state index contributed by atoms with van der Waals surface area (Å²) in [6.45, 7) is -0.0923. The number of ether oxygens (including phenoxy) is 2. The van der Waals surface area contributed by atoms with Crippen molar-refractivity contribution in [2.24, 2.45) is 10.9 Å². The maximum absolute atomic E-state index is 9.08. The van der Waals surface area contributed by atoms with Gasteiger partial charge in [-0.05, 0) is 17.7 Å². The average Bonchev–Trinajstić information content (AvgIpc) is 2.55. The minimum atomic E-state index is -0.140. The van der Waals surface area contributed by atoms with Gasteiger partial charge in [-0.1, -0.05) is 11.2 Å². The standard InChI is InChI=1S/C13H14N4O4/c1-20-11-4-8(7-18)2-3-10(11)21-12-6-15-9(5-16-12)13(14)17-19/h2-6,18-19H,7H2,1H3,(H2,14,17). The highest BCUT2D eigenvalue weighted by Gasteiger charge is 2.09. The Hall–Kier alpha value is -2.87. The van der Waals surface area contributed by atoms with E-state index in [4.69, 9.17) is 25.5 Å². The number of methoxy groups -OCH3 is 1. The van der Waals surface area contributed by atoms with E-state index >= 15 is 0 Å². The van der Waals surface area contributed by atoms with Crippen LogP contribution >= 0.6 is 0 Å². The van der Waals surface area contributed by atoms with E-state index in [2.05, 4.69) is 15.1 Å². The lowest BCUT2D eigenvalue weighted by Crippen LogP contribution is -2.15. The third-order valence-electron chi connectivity index (χ3n) is 2.62. The number of aromatic nitrogens is 2. The van der Waals surface area contributed by atoms with Crippen LogP contribution in [-0.4, -0.2) is 33.2 Å². The molecule has 0 atom stereocenters. The molecule has 0 aliphatic carbocycles. The lowest BCUT2D eigenvalue weighted by atomic mass is 10.2. The number of aliphatic hydroxyl groups excluding tert-OH is 1. The van der Waals surface area contributed by atoms with Crippen LogP contribution in [0.1, 0.15) is 11.3 Å². The molecular formula is C13H14N4O4. The van der Waals surface area contributed by atoms with Gasteiger partial charge < -0.3 is 25.5 Å². The number of aliphatic hydroxyl groups is 1. The number of amidine groups is 1. The van der Waals surface area contributed by atoms with Crippen LogP contribution in [0.5, 0.6) is 17.4 Å². The second kappa shape index (κ2) is 6.53. The molecule has 0 bridgehead atoms. The molecule has 110 valence electrons. The van der Waals surface area contributed by atoms with Crippen molar-refractivity contribution in [2.45, 2.75) is 6.61 Å². The SMILES string of the molecule is COc1cc(CO)ccc1Oc1cnc(/C(N)=N/O)cn1. The van der Waals surface area contributed by atoms with Crippen molar-refractivity contribution in [3.05, 3.63) is 41.9 Å². The molecule has 8 nitrogen and oxygen atoms in total. The van der Waals surface area contributed by atoms with Gasteiger partial charge in [0.1, 0.15) is 5.69 Å². The van der Waals surface area contributed by atoms with Crippen LogP contribution in [-0.2, 0) is 6.61 Å². The predicted molar refractivity (Wildman–Crippen MR) is 73.5 cm³/mol. The van der Waals surface area contributed by atoms with Crippen molar-refractivity contribution in [1.29, 1.82) is 0 Å². The van der Waals surface area contributed by atoms with Gasteiger partial charge in [-0.3, -0.25) is 0 Å². The van der Waals surface area contributed by atoms with Gasteiger partial charge in [-0.25, -0.2) is 9.97 Å². The number of oxime groups is 1. The molecule has 2 rings (SSSR count). The molecule has 21 heavy (non-hydrogen) atoms. The maximum atomic E-state index is 9.08. The lowest BCUT2D eigenvalue weighted by molar-refractivity contribution is 0.280. The van der Waals surface area contributed by atoms with Gasteiger partial charge in [0.25, 0.3) is 0 Å².